The number of piperazine rings is 1. The minimum atomic E-state index is -4.22. The van der Waals surface area contributed by atoms with Crippen LogP contribution in [0, 0.1) is 11.8 Å². The van der Waals surface area contributed by atoms with Crippen LogP contribution in [0.25, 0.3) is 0 Å². The largest absolute Gasteiger partial charge is 0.354 e. The number of carbonyl (C=O) groups is 5. The first kappa shape index (κ1) is 46.9. The maximum atomic E-state index is 14.4. The summed E-state index contributed by atoms with van der Waals surface area (Å²) in [6, 6.07) is 24.7. The number of hydrogen-bond acceptors (Lipinski definition) is 7. The third-order valence-corrected chi connectivity index (χ3v) is 15.3. The fraction of sp³-hybridized carbons (Fsp3) is 0.540. The van der Waals surface area contributed by atoms with E-state index in [2.05, 4.69) is 29.8 Å². The lowest BCUT2D eigenvalue weighted by molar-refractivity contribution is -0.142. The first-order chi connectivity index (χ1) is 31.0. The zero-order valence-electron chi connectivity index (χ0n) is 37.5. The molecule has 2 saturated heterocycles. The average molecular weight is 895 g/mol. The number of amides is 5. The van der Waals surface area contributed by atoms with Crippen LogP contribution in [-0.4, -0.2) is 109 Å². The highest BCUT2D eigenvalue weighted by Crippen LogP contribution is 2.43. The Labute approximate surface area is 379 Å². The molecule has 7 atom stereocenters. The Morgan fingerprint density at radius 1 is 0.625 bits per heavy atom. The van der Waals surface area contributed by atoms with E-state index in [4.69, 9.17) is 0 Å². The van der Waals surface area contributed by atoms with Crippen molar-refractivity contribution in [2.45, 2.75) is 126 Å². The molecule has 0 bridgehead atoms. The number of likely N-dealkylation sites (tertiary alicyclic amines) is 1. The first-order valence-corrected chi connectivity index (χ1v) is 25.1. The van der Waals surface area contributed by atoms with Gasteiger partial charge in [0.1, 0.15) is 6.04 Å². The number of nitrogens with zero attached hydrogens (tertiary/aromatic N) is 3. The quantitative estimate of drug-likeness (QED) is 0.111. The molecule has 13 nitrogen and oxygen atoms in total. The summed E-state index contributed by atoms with van der Waals surface area (Å²) < 4.78 is 29.9. The normalized spacial score (nSPS) is 24.2. The lowest BCUT2D eigenvalue weighted by Gasteiger charge is -2.40. The lowest BCUT2D eigenvalue weighted by Crippen LogP contribution is -2.61. The van der Waals surface area contributed by atoms with Crippen molar-refractivity contribution < 1.29 is 32.4 Å². The number of nitrogens with one attached hydrogen (secondary N) is 3. The molecule has 3 aromatic carbocycles. The molecule has 4 fully saturated rings. The van der Waals surface area contributed by atoms with Gasteiger partial charge in [0.2, 0.25) is 33.7 Å². The van der Waals surface area contributed by atoms with E-state index in [1.165, 1.54) is 32.3 Å². The second-order valence-electron chi connectivity index (χ2n) is 18.2. The Balaban J connectivity index is 1.04. The van der Waals surface area contributed by atoms with Gasteiger partial charge in [0, 0.05) is 75.2 Å². The maximum Gasteiger partial charge on any atom is 0.253 e. The molecular formula is C50H66N6O7S. The third kappa shape index (κ3) is 11.6. The van der Waals surface area contributed by atoms with Gasteiger partial charge in [0.25, 0.3) is 5.91 Å². The van der Waals surface area contributed by atoms with Crippen LogP contribution in [0.2, 0.25) is 0 Å². The standard InChI is InChI=1S/C50H66N6O7S/c1-3-5-7-9-16-25-46(57)56-28-27-55(34-45(56)49(60)51-26-17-8-6-4-2)64(62,63)38-24-18-23-37(29-38)50(61)54-32-41(47(58)52-43-30-39(43)35-19-12-10-13-20-35)42(33-54)48(59)53-44-31-40(44)36-21-14-11-15-22-36/h10-15,18-24,29,39-45H,3-9,16-17,25-28,30-34H2,1-2H3,(H,51,60)(H,52,58)(H,53,59)/t39-,40-,41-,42-,43+,44+,45-/m1/s1. The molecule has 2 saturated carbocycles. The van der Waals surface area contributed by atoms with Crippen LogP contribution in [0.4, 0.5) is 0 Å². The summed E-state index contributed by atoms with van der Waals surface area (Å²) in [5, 5.41) is 9.28. The van der Waals surface area contributed by atoms with Crippen molar-refractivity contribution in [1.82, 2.24) is 30.1 Å². The first-order valence-electron chi connectivity index (χ1n) is 23.7. The van der Waals surface area contributed by atoms with Crippen molar-refractivity contribution in [1.29, 1.82) is 0 Å². The Morgan fingerprint density at radius 3 is 1.77 bits per heavy atom. The monoisotopic (exact) mass is 894 g/mol. The summed E-state index contributed by atoms with van der Waals surface area (Å²) in [6.07, 6.45) is 10.6. The van der Waals surface area contributed by atoms with Crippen molar-refractivity contribution in [3.63, 3.8) is 0 Å². The van der Waals surface area contributed by atoms with Gasteiger partial charge >= 0.3 is 0 Å². The van der Waals surface area contributed by atoms with E-state index in [1.54, 1.807) is 6.07 Å². The molecule has 0 aromatic heterocycles. The van der Waals surface area contributed by atoms with Gasteiger partial charge in [-0.2, -0.15) is 4.31 Å². The van der Waals surface area contributed by atoms with Crippen molar-refractivity contribution in [3.8, 4) is 0 Å². The molecule has 7 rings (SSSR count). The van der Waals surface area contributed by atoms with Gasteiger partial charge in [-0.05, 0) is 55.0 Å². The fourth-order valence-electron chi connectivity index (χ4n) is 9.45. The Kier molecular flexibility index (Phi) is 15.9. The van der Waals surface area contributed by atoms with Crippen LogP contribution in [-0.2, 0) is 29.2 Å². The van der Waals surface area contributed by atoms with Gasteiger partial charge in [-0.3, -0.25) is 24.0 Å². The highest BCUT2D eigenvalue weighted by atomic mass is 32.2. The zero-order chi connectivity index (χ0) is 45.2. The number of benzene rings is 3. The molecule has 3 aromatic rings. The van der Waals surface area contributed by atoms with Crippen molar-refractivity contribution in [2.24, 2.45) is 11.8 Å². The Hall–Kier alpha value is -5.08. The second kappa shape index (κ2) is 21.7. The summed E-state index contributed by atoms with van der Waals surface area (Å²) in [6.45, 7) is 4.54. The summed E-state index contributed by atoms with van der Waals surface area (Å²) in [4.78, 5) is 72.4. The van der Waals surface area contributed by atoms with Gasteiger partial charge in [-0.25, -0.2) is 8.42 Å². The molecule has 64 heavy (non-hydrogen) atoms. The minimum Gasteiger partial charge on any atom is -0.354 e. The molecule has 344 valence electrons. The number of sulfonamides is 1. The van der Waals surface area contributed by atoms with Crippen molar-refractivity contribution in [2.75, 3.05) is 39.3 Å². The van der Waals surface area contributed by atoms with E-state index in [9.17, 15) is 32.4 Å². The number of unbranched alkanes of at least 4 members (excludes halogenated alkanes) is 7. The van der Waals surface area contributed by atoms with Gasteiger partial charge in [-0.1, -0.05) is 126 Å². The molecule has 2 aliphatic heterocycles. The van der Waals surface area contributed by atoms with E-state index < -0.39 is 33.8 Å². The van der Waals surface area contributed by atoms with Gasteiger partial charge < -0.3 is 25.8 Å². The van der Waals surface area contributed by atoms with Gasteiger partial charge in [0.15, 0.2) is 0 Å². The smallest absolute Gasteiger partial charge is 0.253 e. The topological polar surface area (TPSA) is 165 Å². The highest BCUT2D eigenvalue weighted by molar-refractivity contribution is 7.89. The highest BCUT2D eigenvalue weighted by Gasteiger charge is 2.49. The minimum absolute atomic E-state index is 0.000315. The van der Waals surface area contributed by atoms with Gasteiger partial charge in [-0.15, -0.1) is 0 Å². The van der Waals surface area contributed by atoms with Crippen LogP contribution in [0.1, 0.15) is 124 Å². The molecule has 5 amide bonds. The van der Waals surface area contributed by atoms with Crippen molar-refractivity contribution in [3.05, 3.63) is 102 Å². The molecule has 4 aliphatic rings. The van der Waals surface area contributed by atoms with Gasteiger partial charge in [0.05, 0.1) is 16.7 Å². The molecule has 0 spiro atoms. The Morgan fingerprint density at radius 2 is 1.19 bits per heavy atom. The molecule has 3 N–H and O–H groups in total. The van der Waals surface area contributed by atoms with Crippen LogP contribution >= 0.6 is 0 Å². The van der Waals surface area contributed by atoms with E-state index in [1.807, 2.05) is 60.7 Å². The molecular weight excluding hydrogens is 829 g/mol. The van der Waals surface area contributed by atoms with Crippen LogP contribution in [0.5, 0.6) is 0 Å². The van der Waals surface area contributed by atoms with Crippen LogP contribution in [0.15, 0.2) is 89.8 Å². The average Bonchev–Trinajstić information content (AvgIpc) is 4.23. The third-order valence-electron chi connectivity index (χ3n) is 13.5. The molecule has 2 aliphatic carbocycles. The molecule has 0 unspecified atom stereocenters. The van der Waals surface area contributed by atoms with Crippen molar-refractivity contribution >= 4 is 39.6 Å². The molecule has 0 radical (unpaired) electrons. The van der Waals surface area contributed by atoms with E-state index in [-0.39, 0.29) is 90.7 Å². The number of hydrogen-bond donors (Lipinski definition) is 3. The number of carbonyl (C=O) groups excluding carboxylic acids is 5. The zero-order valence-corrected chi connectivity index (χ0v) is 38.3. The molecule has 14 heteroatoms. The predicted octanol–water partition coefficient (Wildman–Crippen LogP) is 5.98. The Bertz CT molecular complexity index is 2130. The summed E-state index contributed by atoms with van der Waals surface area (Å²) in [7, 11) is -4.22. The summed E-state index contributed by atoms with van der Waals surface area (Å²) >= 11 is 0. The van der Waals surface area contributed by atoms with E-state index in [0.29, 0.717) is 19.4 Å². The maximum absolute atomic E-state index is 14.4. The van der Waals surface area contributed by atoms with Crippen LogP contribution < -0.4 is 16.0 Å². The second-order valence-corrected chi connectivity index (χ2v) is 20.1. The van der Waals surface area contributed by atoms with Crippen LogP contribution in [0.3, 0.4) is 0 Å². The van der Waals surface area contributed by atoms with E-state index >= 15 is 0 Å². The van der Waals surface area contributed by atoms with E-state index in [0.717, 1.165) is 75.3 Å². The lowest BCUT2D eigenvalue weighted by atomic mass is 9.94. The molecule has 2 heterocycles. The SMILES string of the molecule is CCCCCCCC(=O)N1CCN(S(=O)(=O)c2cccc(C(=O)N3C[C@@H](C(=O)N[C@H]4C[C@@H]4c4ccccc4)[C@H](C(=O)N[C@H]4C[C@@H]4c4ccccc4)C3)c2)C[C@@H]1C(=O)NCCCCCC. The fourth-order valence-corrected chi connectivity index (χ4v) is 10.9. The summed E-state index contributed by atoms with van der Waals surface area (Å²) in [5.74, 6) is -2.80. The predicted molar refractivity (Wildman–Crippen MR) is 246 cm³/mol. The number of rotatable bonds is 21. The summed E-state index contributed by atoms with van der Waals surface area (Å²) in [5.41, 5.74) is 2.39.